The van der Waals surface area contributed by atoms with Crippen molar-refractivity contribution < 1.29 is 9.47 Å². The number of aryl methyl sites for hydroxylation is 1. The van der Waals surface area contributed by atoms with E-state index in [1.165, 1.54) is 18.4 Å². The van der Waals surface area contributed by atoms with Crippen molar-refractivity contribution in [1.29, 1.82) is 0 Å². The van der Waals surface area contributed by atoms with Crippen LogP contribution in [0.1, 0.15) is 31.7 Å². The van der Waals surface area contributed by atoms with E-state index in [0.717, 1.165) is 18.6 Å². The first-order valence-electron chi connectivity index (χ1n) is 7.24. The highest BCUT2D eigenvalue weighted by Crippen LogP contribution is 2.28. The molecule has 0 aromatic heterocycles. The topological polar surface area (TPSA) is 30.5 Å². The van der Waals surface area contributed by atoms with Gasteiger partial charge in [0.2, 0.25) is 0 Å². The summed E-state index contributed by atoms with van der Waals surface area (Å²) in [4.78, 5) is 0. The van der Waals surface area contributed by atoms with Gasteiger partial charge in [-0.2, -0.15) is 0 Å². The van der Waals surface area contributed by atoms with Gasteiger partial charge in [0.05, 0.1) is 0 Å². The van der Waals surface area contributed by atoms with Crippen molar-refractivity contribution in [2.24, 2.45) is 0 Å². The minimum Gasteiger partial charge on any atom is -0.488 e. The molecule has 0 spiro atoms. The predicted octanol–water partition coefficient (Wildman–Crippen LogP) is 2.78. The fourth-order valence-corrected chi connectivity index (χ4v) is 2.59. The van der Waals surface area contributed by atoms with E-state index in [9.17, 15) is 0 Å². The molecule has 1 fully saturated rings. The van der Waals surface area contributed by atoms with Gasteiger partial charge in [0.15, 0.2) is 0 Å². The van der Waals surface area contributed by atoms with E-state index in [4.69, 9.17) is 9.47 Å². The van der Waals surface area contributed by atoms with E-state index in [-0.39, 0.29) is 12.2 Å². The van der Waals surface area contributed by atoms with Crippen molar-refractivity contribution in [3.63, 3.8) is 0 Å². The summed E-state index contributed by atoms with van der Waals surface area (Å²) < 4.78 is 11.4. The number of methoxy groups -OCH3 is 1. The monoisotopic (exact) mass is 263 g/mol. The molecule has 1 aliphatic rings. The number of benzene rings is 1. The van der Waals surface area contributed by atoms with Gasteiger partial charge in [-0.3, -0.25) is 0 Å². The molecule has 3 atom stereocenters. The lowest BCUT2D eigenvalue weighted by molar-refractivity contribution is -0.0869. The summed E-state index contributed by atoms with van der Waals surface area (Å²) in [6.45, 7) is 2.22. The van der Waals surface area contributed by atoms with Crippen LogP contribution in [0.4, 0.5) is 0 Å². The number of likely N-dealkylation sites (N-methyl/N-ethyl adjacent to an activating group) is 1. The maximum atomic E-state index is 5.98. The Morgan fingerprint density at radius 3 is 2.58 bits per heavy atom. The van der Waals surface area contributed by atoms with Crippen LogP contribution in [-0.2, 0) is 11.2 Å². The van der Waals surface area contributed by atoms with E-state index in [1.807, 2.05) is 7.05 Å². The predicted molar refractivity (Wildman–Crippen MR) is 77.7 cm³/mol. The van der Waals surface area contributed by atoms with Crippen LogP contribution in [0.2, 0.25) is 0 Å². The van der Waals surface area contributed by atoms with E-state index in [2.05, 4.69) is 36.5 Å². The molecule has 0 aliphatic heterocycles. The minimum atomic E-state index is 0.157. The molecule has 0 saturated heterocycles. The van der Waals surface area contributed by atoms with Crippen molar-refractivity contribution >= 4 is 0 Å². The van der Waals surface area contributed by atoms with Gasteiger partial charge in [0.1, 0.15) is 18.0 Å². The molecule has 0 heterocycles. The first-order valence-corrected chi connectivity index (χ1v) is 7.24. The van der Waals surface area contributed by atoms with Crippen LogP contribution in [0.3, 0.4) is 0 Å². The zero-order chi connectivity index (χ0) is 13.7. The first-order chi connectivity index (χ1) is 9.28. The maximum Gasteiger partial charge on any atom is 0.128 e. The number of nitrogens with one attached hydrogen (secondary N) is 1. The van der Waals surface area contributed by atoms with Crippen LogP contribution in [0.15, 0.2) is 24.3 Å². The molecule has 3 unspecified atom stereocenters. The highest BCUT2D eigenvalue weighted by Gasteiger charge is 2.42. The quantitative estimate of drug-likeness (QED) is 0.820. The average Bonchev–Trinajstić information content (AvgIpc) is 2.42. The lowest BCUT2D eigenvalue weighted by Gasteiger charge is -2.42. The van der Waals surface area contributed by atoms with Crippen molar-refractivity contribution in [2.75, 3.05) is 14.2 Å². The third kappa shape index (κ3) is 3.48. The van der Waals surface area contributed by atoms with E-state index in [0.29, 0.717) is 6.04 Å². The number of ether oxygens (including phenoxy) is 2. The molecule has 2 rings (SSSR count). The van der Waals surface area contributed by atoms with Crippen LogP contribution in [0.5, 0.6) is 5.75 Å². The highest BCUT2D eigenvalue weighted by atomic mass is 16.5. The number of hydrogen-bond acceptors (Lipinski definition) is 3. The van der Waals surface area contributed by atoms with Gasteiger partial charge in [0, 0.05) is 19.6 Å². The summed E-state index contributed by atoms with van der Waals surface area (Å²) in [5.41, 5.74) is 1.39. The second kappa shape index (κ2) is 6.92. The molecule has 106 valence electrons. The van der Waals surface area contributed by atoms with E-state index in [1.54, 1.807) is 7.11 Å². The minimum absolute atomic E-state index is 0.157. The summed E-state index contributed by atoms with van der Waals surface area (Å²) in [6.07, 6.45) is 4.98. The fraction of sp³-hybridized carbons (Fsp3) is 0.625. The molecule has 0 bridgehead atoms. The molecule has 1 aromatic rings. The van der Waals surface area contributed by atoms with E-state index < -0.39 is 0 Å². The second-order valence-corrected chi connectivity index (χ2v) is 5.23. The third-order valence-electron chi connectivity index (χ3n) is 3.92. The SMILES string of the molecule is CCCCc1ccc(OC2CC(NC)C2OC)cc1. The summed E-state index contributed by atoms with van der Waals surface area (Å²) >= 11 is 0. The van der Waals surface area contributed by atoms with Gasteiger partial charge in [-0.1, -0.05) is 25.5 Å². The summed E-state index contributed by atoms with van der Waals surface area (Å²) in [6, 6.07) is 8.90. The molecular formula is C16H25NO2. The second-order valence-electron chi connectivity index (χ2n) is 5.23. The normalized spacial score (nSPS) is 25.9. The Balaban J connectivity index is 1.86. The van der Waals surface area contributed by atoms with Crippen LogP contribution >= 0.6 is 0 Å². The zero-order valence-electron chi connectivity index (χ0n) is 12.2. The fourth-order valence-electron chi connectivity index (χ4n) is 2.59. The number of unbranched alkanes of at least 4 members (excludes halogenated alkanes) is 1. The lowest BCUT2D eigenvalue weighted by Crippen LogP contribution is -2.60. The Kier molecular flexibility index (Phi) is 5.23. The largest absolute Gasteiger partial charge is 0.488 e. The van der Waals surface area contributed by atoms with Gasteiger partial charge in [-0.15, -0.1) is 0 Å². The molecule has 3 nitrogen and oxygen atoms in total. The lowest BCUT2D eigenvalue weighted by atomic mass is 9.85. The van der Waals surface area contributed by atoms with Crippen LogP contribution in [0, 0.1) is 0 Å². The zero-order valence-corrected chi connectivity index (χ0v) is 12.2. The Hall–Kier alpha value is -1.06. The molecule has 0 amide bonds. The Morgan fingerprint density at radius 1 is 1.26 bits per heavy atom. The summed E-state index contributed by atoms with van der Waals surface area (Å²) in [7, 11) is 3.72. The van der Waals surface area contributed by atoms with Crippen molar-refractivity contribution in [3.05, 3.63) is 29.8 Å². The summed E-state index contributed by atoms with van der Waals surface area (Å²) in [5.74, 6) is 0.946. The maximum absolute atomic E-state index is 5.98. The van der Waals surface area contributed by atoms with Crippen molar-refractivity contribution in [2.45, 2.75) is 50.9 Å². The highest BCUT2D eigenvalue weighted by molar-refractivity contribution is 5.28. The van der Waals surface area contributed by atoms with Gasteiger partial charge < -0.3 is 14.8 Å². The van der Waals surface area contributed by atoms with Crippen molar-refractivity contribution in [1.82, 2.24) is 5.32 Å². The van der Waals surface area contributed by atoms with Gasteiger partial charge in [0.25, 0.3) is 0 Å². The average molecular weight is 263 g/mol. The van der Waals surface area contributed by atoms with Crippen LogP contribution < -0.4 is 10.1 Å². The number of rotatable bonds is 7. The van der Waals surface area contributed by atoms with Crippen LogP contribution in [0.25, 0.3) is 0 Å². The standard InChI is InChI=1S/C16H25NO2/c1-4-5-6-12-7-9-13(10-8-12)19-15-11-14(17-2)16(15)18-3/h7-10,14-17H,4-6,11H2,1-3H3. The number of hydrogen-bond donors (Lipinski definition) is 1. The van der Waals surface area contributed by atoms with Crippen LogP contribution in [-0.4, -0.2) is 32.4 Å². The molecule has 19 heavy (non-hydrogen) atoms. The Morgan fingerprint density at radius 2 is 2.00 bits per heavy atom. The summed E-state index contributed by atoms with van der Waals surface area (Å²) in [5, 5.41) is 3.25. The van der Waals surface area contributed by atoms with Crippen molar-refractivity contribution in [3.8, 4) is 5.75 Å². The Labute approximate surface area is 116 Å². The molecule has 0 radical (unpaired) electrons. The van der Waals surface area contributed by atoms with Gasteiger partial charge >= 0.3 is 0 Å². The third-order valence-corrected chi connectivity index (χ3v) is 3.92. The molecular weight excluding hydrogens is 238 g/mol. The molecule has 1 saturated carbocycles. The molecule has 1 aromatic carbocycles. The first kappa shape index (κ1) is 14.4. The molecule has 1 aliphatic carbocycles. The van der Waals surface area contributed by atoms with Gasteiger partial charge in [-0.05, 0) is 37.6 Å². The smallest absolute Gasteiger partial charge is 0.128 e. The van der Waals surface area contributed by atoms with Gasteiger partial charge in [-0.25, -0.2) is 0 Å². The Bertz CT molecular complexity index is 377. The molecule has 1 N–H and O–H groups in total. The molecule has 3 heteroatoms. The van der Waals surface area contributed by atoms with E-state index >= 15 is 0 Å².